The van der Waals surface area contributed by atoms with Crippen molar-refractivity contribution in [2.24, 2.45) is 0 Å². The van der Waals surface area contributed by atoms with Crippen LogP contribution in [0, 0.1) is 6.92 Å². The van der Waals surface area contributed by atoms with Gasteiger partial charge in [-0.1, -0.05) is 12.1 Å². The van der Waals surface area contributed by atoms with Crippen LogP contribution in [0.3, 0.4) is 0 Å². The molecule has 5 aromatic rings. The molecule has 3 heterocycles. The summed E-state index contributed by atoms with van der Waals surface area (Å²) in [5.74, 6) is -2.38. The van der Waals surface area contributed by atoms with Gasteiger partial charge in [0.1, 0.15) is 5.82 Å². The first-order valence-corrected chi connectivity index (χ1v) is 12.8. The number of carbonyl (C=O) groups is 1. The lowest BCUT2D eigenvalue weighted by atomic mass is 10.1. The van der Waals surface area contributed by atoms with E-state index in [2.05, 4.69) is 32.0 Å². The summed E-state index contributed by atoms with van der Waals surface area (Å²) < 4.78 is 26.7. The highest BCUT2D eigenvalue weighted by molar-refractivity contribution is 6.04. The molecule has 7 nitrogen and oxygen atoms in total. The van der Waals surface area contributed by atoms with Crippen molar-refractivity contribution in [2.45, 2.75) is 12.8 Å². The molecule has 3 aromatic carbocycles. The number of halogens is 2. The van der Waals surface area contributed by atoms with Crippen LogP contribution in [0.2, 0.25) is 0 Å². The number of carbonyl (C=O) groups excluding carboxylic acids is 1. The summed E-state index contributed by atoms with van der Waals surface area (Å²) in [7, 11) is 0. The van der Waals surface area contributed by atoms with Crippen LogP contribution in [-0.2, 0) is 0 Å². The third kappa shape index (κ3) is 5.54. The maximum Gasteiger partial charge on any atom is 0.282 e. The summed E-state index contributed by atoms with van der Waals surface area (Å²) in [6.07, 6.45) is 3.17. The minimum absolute atomic E-state index is 0.274. The number of anilines is 6. The van der Waals surface area contributed by atoms with Crippen LogP contribution in [0.4, 0.5) is 43.0 Å². The summed E-state index contributed by atoms with van der Waals surface area (Å²) >= 11 is 0. The van der Waals surface area contributed by atoms with E-state index in [-0.39, 0.29) is 19.0 Å². The molecule has 0 bridgehead atoms. The van der Waals surface area contributed by atoms with E-state index in [0.717, 1.165) is 28.0 Å². The average molecular weight is 537 g/mol. The zero-order chi connectivity index (χ0) is 27.7. The molecule has 3 N–H and O–H groups in total. The SMILES string of the molecule is Cc1cccc(Nc2ccc(NC(=O)c3ccc(Nc4ccnc5ccc(N6CC(F)(F)C6)cc45)nc3)cc2)c1. The van der Waals surface area contributed by atoms with Gasteiger partial charge < -0.3 is 20.9 Å². The number of rotatable bonds is 7. The van der Waals surface area contributed by atoms with Gasteiger partial charge in [0.05, 0.1) is 29.9 Å². The number of benzene rings is 3. The predicted molar refractivity (Wildman–Crippen MR) is 155 cm³/mol. The summed E-state index contributed by atoms with van der Waals surface area (Å²) in [6.45, 7) is 1.46. The molecule has 0 spiro atoms. The first-order chi connectivity index (χ1) is 19.3. The molecular formula is C31H26F2N6O. The highest BCUT2D eigenvalue weighted by Crippen LogP contribution is 2.35. The molecule has 1 aliphatic rings. The first kappa shape index (κ1) is 25.2. The van der Waals surface area contributed by atoms with E-state index in [1.165, 1.54) is 11.8 Å². The van der Waals surface area contributed by atoms with Crippen molar-refractivity contribution >= 4 is 51.1 Å². The Bertz CT molecular complexity index is 1680. The van der Waals surface area contributed by atoms with Crippen LogP contribution < -0.4 is 20.9 Å². The molecule has 2 aromatic heterocycles. The Morgan fingerprint density at radius 2 is 1.65 bits per heavy atom. The zero-order valence-electron chi connectivity index (χ0n) is 21.7. The number of aromatic nitrogens is 2. The maximum absolute atomic E-state index is 13.4. The number of fused-ring (bicyclic) bond motifs is 1. The second-order valence-electron chi connectivity index (χ2n) is 9.86. The standard InChI is InChI=1S/C31H26F2N6O/c1-20-3-2-4-24(15-20)36-22-6-8-23(9-7-22)37-30(40)21-5-12-29(35-17-21)38-28-13-14-34-27-11-10-25(16-26(27)28)39-18-31(32,33)19-39/h2-17,36H,18-19H2,1H3,(H,37,40)(H,34,35,38). The smallest absolute Gasteiger partial charge is 0.282 e. The quantitative estimate of drug-likeness (QED) is 0.205. The monoisotopic (exact) mass is 536 g/mol. The molecule has 9 heteroatoms. The van der Waals surface area contributed by atoms with E-state index < -0.39 is 5.92 Å². The summed E-state index contributed by atoms with van der Waals surface area (Å²) in [5.41, 5.74) is 6.35. The third-order valence-electron chi connectivity index (χ3n) is 6.67. The second kappa shape index (κ2) is 10.3. The fraction of sp³-hybridized carbons (Fsp3) is 0.129. The molecular weight excluding hydrogens is 510 g/mol. The van der Waals surface area contributed by atoms with Gasteiger partial charge in [-0.2, -0.15) is 0 Å². The number of hydrogen-bond acceptors (Lipinski definition) is 6. The molecule has 0 aliphatic carbocycles. The highest BCUT2D eigenvalue weighted by Gasteiger charge is 2.43. The average Bonchev–Trinajstić information content (AvgIpc) is 2.93. The van der Waals surface area contributed by atoms with Crippen LogP contribution in [0.25, 0.3) is 10.9 Å². The first-order valence-electron chi connectivity index (χ1n) is 12.8. The van der Waals surface area contributed by atoms with E-state index in [4.69, 9.17) is 0 Å². The van der Waals surface area contributed by atoms with Gasteiger partial charge in [-0.25, -0.2) is 13.8 Å². The highest BCUT2D eigenvalue weighted by atomic mass is 19.3. The van der Waals surface area contributed by atoms with Crippen molar-refractivity contribution in [1.29, 1.82) is 0 Å². The van der Waals surface area contributed by atoms with E-state index >= 15 is 0 Å². The molecule has 6 rings (SSSR count). The molecule has 0 atom stereocenters. The van der Waals surface area contributed by atoms with E-state index in [1.54, 1.807) is 35.4 Å². The van der Waals surface area contributed by atoms with Gasteiger partial charge in [0.15, 0.2) is 0 Å². The van der Waals surface area contributed by atoms with Crippen LogP contribution >= 0.6 is 0 Å². The topological polar surface area (TPSA) is 82.2 Å². The fourth-order valence-corrected chi connectivity index (χ4v) is 4.60. The molecule has 1 fully saturated rings. The Morgan fingerprint density at radius 3 is 2.38 bits per heavy atom. The normalized spacial score (nSPS) is 13.9. The van der Waals surface area contributed by atoms with Gasteiger partial charge in [-0.05, 0) is 85.3 Å². The molecule has 1 amide bonds. The fourth-order valence-electron chi connectivity index (χ4n) is 4.60. The van der Waals surface area contributed by atoms with Gasteiger partial charge in [0.25, 0.3) is 11.8 Å². The van der Waals surface area contributed by atoms with Crippen LogP contribution in [-0.4, -0.2) is 34.9 Å². The van der Waals surface area contributed by atoms with Crippen molar-refractivity contribution < 1.29 is 13.6 Å². The number of hydrogen-bond donors (Lipinski definition) is 3. The summed E-state index contributed by atoms with van der Waals surface area (Å²) in [6, 6.07) is 26.3. The van der Waals surface area contributed by atoms with Crippen molar-refractivity contribution in [3.63, 3.8) is 0 Å². The number of pyridine rings is 2. The van der Waals surface area contributed by atoms with Crippen LogP contribution in [0.15, 0.2) is 97.3 Å². The zero-order valence-corrected chi connectivity index (χ0v) is 21.7. The van der Waals surface area contributed by atoms with Crippen molar-refractivity contribution in [3.8, 4) is 0 Å². The van der Waals surface area contributed by atoms with Gasteiger partial charge in [0.2, 0.25) is 0 Å². The van der Waals surface area contributed by atoms with Crippen LogP contribution in [0.5, 0.6) is 0 Å². The van der Waals surface area contributed by atoms with Gasteiger partial charge >= 0.3 is 0 Å². The van der Waals surface area contributed by atoms with Crippen molar-refractivity contribution in [3.05, 3.63) is 108 Å². The Labute approximate surface area is 229 Å². The van der Waals surface area contributed by atoms with E-state index in [9.17, 15) is 13.6 Å². The van der Waals surface area contributed by atoms with Gasteiger partial charge in [-0.15, -0.1) is 0 Å². The number of aryl methyl sites for hydroxylation is 1. The van der Waals surface area contributed by atoms with Gasteiger partial charge in [0, 0.05) is 40.5 Å². The summed E-state index contributed by atoms with van der Waals surface area (Å²) in [4.78, 5) is 23.2. The lowest BCUT2D eigenvalue weighted by Crippen LogP contribution is -2.56. The number of nitrogens with one attached hydrogen (secondary N) is 3. The molecule has 40 heavy (non-hydrogen) atoms. The Morgan fingerprint density at radius 1 is 0.850 bits per heavy atom. The van der Waals surface area contributed by atoms with Crippen molar-refractivity contribution in [2.75, 3.05) is 33.9 Å². The largest absolute Gasteiger partial charge is 0.359 e. The molecule has 1 saturated heterocycles. The number of alkyl halides is 2. The van der Waals surface area contributed by atoms with Crippen LogP contribution in [0.1, 0.15) is 15.9 Å². The lowest BCUT2D eigenvalue weighted by Gasteiger charge is -2.40. The molecule has 0 unspecified atom stereocenters. The summed E-state index contributed by atoms with van der Waals surface area (Å²) in [5, 5.41) is 10.3. The minimum Gasteiger partial charge on any atom is -0.359 e. The molecule has 0 saturated carbocycles. The number of nitrogens with zero attached hydrogens (tertiary/aromatic N) is 3. The molecule has 0 radical (unpaired) electrons. The van der Waals surface area contributed by atoms with Gasteiger partial charge in [-0.3, -0.25) is 9.78 Å². The molecule has 200 valence electrons. The molecule has 1 aliphatic heterocycles. The minimum atomic E-state index is -2.65. The third-order valence-corrected chi connectivity index (χ3v) is 6.67. The Kier molecular flexibility index (Phi) is 6.47. The second-order valence-corrected chi connectivity index (χ2v) is 9.86. The van der Waals surface area contributed by atoms with Crippen molar-refractivity contribution in [1.82, 2.24) is 9.97 Å². The predicted octanol–water partition coefficient (Wildman–Crippen LogP) is 7.13. The van der Waals surface area contributed by atoms with E-state index in [1.807, 2.05) is 61.5 Å². The Hall–Kier alpha value is -5.05. The van der Waals surface area contributed by atoms with E-state index in [0.29, 0.717) is 22.8 Å². The lowest BCUT2D eigenvalue weighted by molar-refractivity contribution is -0.0262. The Balaban J connectivity index is 1.11. The number of amides is 1. The maximum atomic E-state index is 13.4.